The van der Waals surface area contributed by atoms with Crippen molar-refractivity contribution < 1.29 is 24.6 Å². The molecule has 0 spiro atoms. The third kappa shape index (κ3) is 9.17. The van der Waals surface area contributed by atoms with E-state index in [2.05, 4.69) is 106 Å². The van der Waals surface area contributed by atoms with Crippen LogP contribution in [0.1, 0.15) is 84.4 Å². The fourth-order valence-corrected chi connectivity index (χ4v) is 9.49. The molecule has 4 fully saturated rings. The topological polar surface area (TPSA) is 97.7 Å². The number of nitrogens with zero attached hydrogens (tertiary/aromatic N) is 3. The number of hydrogen-bond donors (Lipinski definition) is 3. The van der Waals surface area contributed by atoms with Crippen LogP contribution in [0.25, 0.3) is 0 Å². The van der Waals surface area contributed by atoms with Gasteiger partial charge in [0.1, 0.15) is 17.9 Å². The summed E-state index contributed by atoms with van der Waals surface area (Å²) in [6.45, 7) is 18.5. The van der Waals surface area contributed by atoms with E-state index in [1.807, 2.05) is 13.0 Å². The molecule has 1 aliphatic heterocycles. The van der Waals surface area contributed by atoms with Gasteiger partial charge in [-0.2, -0.15) is 5.06 Å². The Hall–Kier alpha value is -2.53. The molecule has 0 unspecified atom stereocenters. The maximum absolute atomic E-state index is 14.2. The molecule has 3 saturated carbocycles. The van der Waals surface area contributed by atoms with E-state index in [4.69, 9.17) is 9.57 Å². The fourth-order valence-electron chi connectivity index (χ4n) is 9.49. The smallest absolute Gasteiger partial charge is 0.240 e. The number of hydrogen-bond acceptors (Lipinski definition) is 8. The second-order valence-corrected chi connectivity index (χ2v) is 17.0. The molecule has 2 aromatic rings. The molecule has 4 aliphatic rings. The van der Waals surface area contributed by atoms with Gasteiger partial charge in [-0.1, -0.05) is 77.1 Å². The fraction of sp³-hybridized carbons (Fsp3) is 0.690. The second-order valence-electron chi connectivity index (χ2n) is 17.0. The number of ether oxygens (including phenoxy) is 1. The molecular formula is C42H66N4O5. The zero-order valence-corrected chi connectivity index (χ0v) is 32.7. The van der Waals surface area contributed by atoms with E-state index in [9.17, 15) is 15.0 Å². The maximum Gasteiger partial charge on any atom is 0.240 e. The van der Waals surface area contributed by atoms with Gasteiger partial charge < -0.3 is 25.2 Å². The Bertz CT molecular complexity index is 1420. The lowest BCUT2D eigenvalue weighted by Crippen LogP contribution is -2.62. The summed E-state index contributed by atoms with van der Waals surface area (Å²) in [7, 11) is 4.28. The SMILES string of the molecule is CCOc1ccccc1CN(Cc1cccc(CN2O[C@@H](CO)[C@@H]([C@H](C)O)[C@H]2C(=O)N[C@H]2C[C@H]3C[C@@H]([C@@H]2C)C3(C)C)c1)[C@@H](CC(C)C)CN(C)C. The predicted molar refractivity (Wildman–Crippen MR) is 203 cm³/mol. The molecule has 3 aliphatic carbocycles. The van der Waals surface area contributed by atoms with Gasteiger partial charge in [-0.15, -0.1) is 0 Å². The van der Waals surface area contributed by atoms with Crippen molar-refractivity contribution in [3.05, 3.63) is 65.2 Å². The predicted octanol–water partition coefficient (Wildman–Crippen LogP) is 5.72. The zero-order chi connectivity index (χ0) is 37.0. The van der Waals surface area contributed by atoms with E-state index in [1.165, 1.54) is 17.5 Å². The Kier molecular flexibility index (Phi) is 13.3. The number of nitrogens with one attached hydrogen (secondary N) is 1. The van der Waals surface area contributed by atoms with Crippen molar-refractivity contribution in [2.45, 2.75) is 118 Å². The van der Waals surface area contributed by atoms with E-state index in [0.717, 1.165) is 43.8 Å². The van der Waals surface area contributed by atoms with Crippen LogP contribution in [0.4, 0.5) is 0 Å². The normalized spacial score (nSPS) is 28.5. The van der Waals surface area contributed by atoms with Gasteiger partial charge in [0.15, 0.2) is 0 Å². The Morgan fingerprint density at radius 1 is 1.08 bits per heavy atom. The monoisotopic (exact) mass is 707 g/mol. The molecule has 284 valence electrons. The summed E-state index contributed by atoms with van der Waals surface area (Å²) in [5, 5.41) is 26.3. The summed E-state index contributed by atoms with van der Waals surface area (Å²) in [5.41, 5.74) is 3.69. The van der Waals surface area contributed by atoms with Gasteiger partial charge in [0.2, 0.25) is 5.91 Å². The quantitative estimate of drug-likeness (QED) is 0.192. The van der Waals surface area contributed by atoms with Crippen molar-refractivity contribution in [2.75, 3.05) is 33.9 Å². The first-order valence-electron chi connectivity index (χ1n) is 19.4. The van der Waals surface area contributed by atoms with Crippen LogP contribution < -0.4 is 10.1 Å². The minimum absolute atomic E-state index is 0.0991. The van der Waals surface area contributed by atoms with Crippen molar-refractivity contribution in [1.82, 2.24) is 20.2 Å². The molecule has 0 aromatic heterocycles. The number of benzene rings is 2. The standard InChI is InChI=1S/C42H66N4O5/c1-10-50-37-17-12-11-16-32(37)24-45(34(18-27(2)3)25-44(8)9)22-30-14-13-15-31(19-30)23-46-40(39(29(5)48)38(26-47)51-46)41(49)43-36-21-33-20-35(28(36)4)42(33,6)7/h11-17,19,27-29,33-36,38-40,47-48H,10,18,20-26H2,1-9H3,(H,43,49)/t28-,29-,33+,34-,35-,36-,38-,39+,40-/m0/s1. The van der Waals surface area contributed by atoms with Gasteiger partial charge in [0.05, 0.1) is 25.9 Å². The number of fused-ring (bicyclic) bond motifs is 2. The zero-order valence-electron chi connectivity index (χ0n) is 32.7. The van der Waals surface area contributed by atoms with Gasteiger partial charge in [0, 0.05) is 43.2 Å². The first kappa shape index (κ1) is 39.7. The number of aliphatic hydroxyl groups excluding tert-OH is 2. The van der Waals surface area contributed by atoms with Crippen LogP contribution in [0.5, 0.6) is 5.75 Å². The highest BCUT2D eigenvalue weighted by Crippen LogP contribution is 2.61. The van der Waals surface area contributed by atoms with Crippen LogP contribution >= 0.6 is 0 Å². The lowest BCUT2D eigenvalue weighted by molar-refractivity contribution is -0.183. The molecule has 6 rings (SSSR count). The molecule has 2 bridgehead atoms. The highest BCUT2D eigenvalue weighted by Gasteiger charge is 2.57. The number of carbonyl (C=O) groups is 1. The van der Waals surface area contributed by atoms with Crippen LogP contribution in [-0.2, 0) is 29.3 Å². The molecule has 1 amide bonds. The molecule has 9 atom stereocenters. The highest BCUT2D eigenvalue weighted by atomic mass is 16.7. The third-order valence-corrected chi connectivity index (χ3v) is 12.3. The van der Waals surface area contributed by atoms with E-state index >= 15 is 0 Å². The molecule has 1 heterocycles. The van der Waals surface area contributed by atoms with E-state index in [-0.39, 0.29) is 18.6 Å². The van der Waals surface area contributed by atoms with E-state index in [0.29, 0.717) is 48.3 Å². The second kappa shape index (κ2) is 17.1. The minimum atomic E-state index is -0.826. The summed E-state index contributed by atoms with van der Waals surface area (Å²) < 4.78 is 6.04. The van der Waals surface area contributed by atoms with Crippen molar-refractivity contribution in [3.63, 3.8) is 0 Å². The molecule has 3 N–H and O–H groups in total. The highest BCUT2D eigenvalue weighted by molar-refractivity contribution is 5.82. The largest absolute Gasteiger partial charge is 0.494 e. The van der Waals surface area contributed by atoms with Gasteiger partial charge in [-0.3, -0.25) is 14.5 Å². The number of hydroxylamine groups is 2. The van der Waals surface area contributed by atoms with E-state index < -0.39 is 24.2 Å². The molecular weight excluding hydrogens is 640 g/mol. The number of carbonyl (C=O) groups excluding carboxylic acids is 1. The minimum Gasteiger partial charge on any atom is -0.494 e. The van der Waals surface area contributed by atoms with Gasteiger partial charge in [-0.05, 0) is 93.5 Å². The Labute approximate surface area is 307 Å². The molecule has 1 saturated heterocycles. The average molecular weight is 707 g/mol. The van der Waals surface area contributed by atoms with Crippen LogP contribution in [0.15, 0.2) is 48.5 Å². The summed E-state index contributed by atoms with van der Waals surface area (Å²) in [6.07, 6.45) is 1.79. The number of likely N-dealkylation sites (N-methyl/N-ethyl adjacent to an activating group) is 1. The molecule has 2 aromatic carbocycles. The van der Waals surface area contributed by atoms with Gasteiger partial charge >= 0.3 is 0 Å². The summed E-state index contributed by atoms with van der Waals surface area (Å²) in [6, 6.07) is 16.6. The first-order chi connectivity index (χ1) is 24.2. The molecule has 0 radical (unpaired) electrons. The molecule has 9 nitrogen and oxygen atoms in total. The lowest BCUT2D eigenvalue weighted by Gasteiger charge is -2.62. The Morgan fingerprint density at radius 2 is 1.80 bits per heavy atom. The van der Waals surface area contributed by atoms with Crippen molar-refractivity contribution in [2.24, 2.45) is 35.0 Å². The molecule has 9 heteroatoms. The molecule has 51 heavy (non-hydrogen) atoms. The summed E-state index contributed by atoms with van der Waals surface area (Å²) >= 11 is 0. The van der Waals surface area contributed by atoms with Crippen molar-refractivity contribution in [3.8, 4) is 5.75 Å². The third-order valence-electron chi connectivity index (χ3n) is 12.3. The average Bonchev–Trinajstić information content (AvgIpc) is 3.44. The van der Waals surface area contributed by atoms with Gasteiger partial charge in [0.25, 0.3) is 0 Å². The summed E-state index contributed by atoms with van der Waals surface area (Å²) in [4.78, 5) is 25.3. The van der Waals surface area contributed by atoms with E-state index in [1.54, 1.807) is 12.0 Å². The van der Waals surface area contributed by atoms with Crippen molar-refractivity contribution >= 4 is 5.91 Å². The number of aliphatic hydroxyl groups is 2. The first-order valence-corrected chi connectivity index (χ1v) is 19.4. The van der Waals surface area contributed by atoms with Crippen molar-refractivity contribution in [1.29, 1.82) is 0 Å². The number of amides is 1. The number of rotatable bonds is 17. The number of para-hydroxylation sites is 1. The Balaban J connectivity index is 1.37. The maximum atomic E-state index is 14.2. The van der Waals surface area contributed by atoms with Crippen LogP contribution in [-0.4, -0.2) is 95.2 Å². The van der Waals surface area contributed by atoms with Crippen LogP contribution in [0.2, 0.25) is 0 Å². The Morgan fingerprint density at radius 3 is 2.43 bits per heavy atom. The van der Waals surface area contributed by atoms with Crippen LogP contribution in [0, 0.1) is 35.0 Å². The lowest BCUT2D eigenvalue weighted by atomic mass is 9.45. The van der Waals surface area contributed by atoms with Crippen LogP contribution in [0.3, 0.4) is 0 Å². The van der Waals surface area contributed by atoms with Gasteiger partial charge in [-0.25, -0.2) is 0 Å². The summed E-state index contributed by atoms with van der Waals surface area (Å²) in [5.74, 6) is 2.40.